The predicted octanol–water partition coefficient (Wildman–Crippen LogP) is 4.42. The highest BCUT2D eigenvalue weighted by Gasteiger charge is 2.25. The van der Waals surface area contributed by atoms with Gasteiger partial charge in [-0.25, -0.2) is 0 Å². The van der Waals surface area contributed by atoms with Crippen LogP contribution in [0.4, 0.5) is 0 Å². The van der Waals surface area contributed by atoms with Gasteiger partial charge in [0.25, 0.3) is 0 Å². The molecule has 1 atom stereocenters. The van der Waals surface area contributed by atoms with Gasteiger partial charge in [-0.1, -0.05) is 48.0 Å². The maximum absolute atomic E-state index is 12.5. The van der Waals surface area contributed by atoms with Gasteiger partial charge in [-0.05, 0) is 47.6 Å². The number of amides is 1. The molecule has 3 heteroatoms. The van der Waals surface area contributed by atoms with E-state index in [1.165, 1.54) is 11.1 Å². The number of halogens is 1. The molecule has 2 nitrogen and oxygen atoms in total. The molecule has 2 aromatic rings. The summed E-state index contributed by atoms with van der Waals surface area (Å²) in [5.41, 5.74) is 3.82. The molecule has 1 aliphatic rings. The van der Waals surface area contributed by atoms with Crippen LogP contribution < -0.4 is 0 Å². The van der Waals surface area contributed by atoms with Gasteiger partial charge in [0, 0.05) is 25.0 Å². The third-order valence-corrected chi connectivity index (χ3v) is 4.65. The van der Waals surface area contributed by atoms with Gasteiger partial charge in [-0.15, -0.1) is 0 Å². The number of rotatable bonds is 4. The molecule has 0 saturated carbocycles. The van der Waals surface area contributed by atoms with Crippen LogP contribution in [0.3, 0.4) is 0 Å². The van der Waals surface area contributed by atoms with E-state index in [0.717, 1.165) is 18.4 Å². The Bertz CT molecular complexity index is 683. The average Bonchev–Trinajstić information content (AvgIpc) is 2.90. The Balaban J connectivity index is 1.63. The smallest absolute Gasteiger partial charge is 0.223 e. The van der Waals surface area contributed by atoms with E-state index in [0.29, 0.717) is 23.9 Å². The molecule has 22 heavy (non-hydrogen) atoms. The van der Waals surface area contributed by atoms with Crippen LogP contribution in [0.2, 0.25) is 5.02 Å². The van der Waals surface area contributed by atoms with E-state index < -0.39 is 0 Å². The Kier molecular flexibility index (Phi) is 4.49. The fourth-order valence-electron chi connectivity index (χ4n) is 3.22. The fourth-order valence-corrected chi connectivity index (χ4v) is 3.43. The monoisotopic (exact) mass is 313 g/mol. The van der Waals surface area contributed by atoms with E-state index in [1.54, 1.807) is 4.90 Å². The third-order valence-electron chi connectivity index (χ3n) is 4.41. The molecule has 1 aliphatic carbocycles. The SMILES string of the molecule is CN(Cc1cccc(Cl)c1)C(=O)CC1CCc2ccccc21. The first-order valence-electron chi connectivity index (χ1n) is 7.69. The zero-order chi connectivity index (χ0) is 15.5. The first-order chi connectivity index (χ1) is 10.6. The Hall–Kier alpha value is -1.80. The molecular formula is C19H20ClNO. The van der Waals surface area contributed by atoms with Crippen molar-refractivity contribution in [2.45, 2.75) is 31.7 Å². The van der Waals surface area contributed by atoms with Crippen LogP contribution in [0.15, 0.2) is 48.5 Å². The molecule has 3 rings (SSSR count). The summed E-state index contributed by atoms with van der Waals surface area (Å²) in [7, 11) is 1.87. The van der Waals surface area contributed by atoms with E-state index in [2.05, 4.69) is 24.3 Å². The first-order valence-corrected chi connectivity index (χ1v) is 8.07. The zero-order valence-corrected chi connectivity index (χ0v) is 13.5. The predicted molar refractivity (Wildman–Crippen MR) is 90.0 cm³/mol. The maximum Gasteiger partial charge on any atom is 0.223 e. The Labute approximate surface area is 136 Å². The number of carbonyl (C=O) groups excluding carboxylic acids is 1. The van der Waals surface area contributed by atoms with Crippen LogP contribution in [0, 0.1) is 0 Å². The van der Waals surface area contributed by atoms with Crippen molar-refractivity contribution >= 4 is 17.5 Å². The van der Waals surface area contributed by atoms with Crippen molar-refractivity contribution < 1.29 is 4.79 Å². The first kappa shape index (κ1) is 15.1. The topological polar surface area (TPSA) is 20.3 Å². The van der Waals surface area contributed by atoms with Gasteiger partial charge in [0.2, 0.25) is 5.91 Å². The Morgan fingerprint density at radius 3 is 2.86 bits per heavy atom. The van der Waals surface area contributed by atoms with Crippen molar-refractivity contribution in [3.63, 3.8) is 0 Å². The molecule has 0 saturated heterocycles. The third kappa shape index (κ3) is 3.33. The van der Waals surface area contributed by atoms with Crippen LogP contribution in [-0.4, -0.2) is 17.9 Å². The molecule has 0 heterocycles. The molecule has 0 spiro atoms. The van der Waals surface area contributed by atoms with Crippen LogP contribution in [-0.2, 0) is 17.8 Å². The molecule has 1 unspecified atom stereocenters. The molecule has 0 aliphatic heterocycles. The highest BCUT2D eigenvalue weighted by atomic mass is 35.5. The minimum atomic E-state index is 0.196. The van der Waals surface area contributed by atoms with Crippen molar-refractivity contribution in [1.82, 2.24) is 4.90 Å². The van der Waals surface area contributed by atoms with E-state index in [4.69, 9.17) is 11.6 Å². The van der Waals surface area contributed by atoms with Crippen molar-refractivity contribution in [2.24, 2.45) is 0 Å². The highest BCUT2D eigenvalue weighted by molar-refractivity contribution is 6.30. The number of carbonyl (C=O) groups is 1. The second-order valence-electron chi connectivity index (χ2n) is 6.02. The molecule has 0 N–H and O–H groups in total. The van der Waals surface area contributed by atoms with E-state index in [1.807, 2.05) is 31.3 Å². The summed E-state index contributed by atoms with van der Waals surface area (Å²) < 4.78 is 0. The average molecular weight is 314 g/mol. The van der Waals surface area contributed by atoms with Crippen LogP contribution in [0.5, 0.6) is 0 Å². The van der Waals surface area contributed by atoms with Crippen molar-refractivity contribution in [3.8, 4) is 0 Å². The van der Waals surface area contributed by atoms with Crippen LogP contribution in [0.25, 0.3) is 0 Å². The van der Waals surface area contributed by atoms with Gasteiger partial charge in [-0.3, -0.25) is 4.79 Å². The second kappa shape index (κ2) is 6.53. The lowest BCUT2D eigenvalue weighted by Crippen LogP contribution is -2.27. The summed E-state index contributed by atoms with van der Waals surface area (Å²) in [6.07, 6.45) is 2.76. The fraction of sp³-hybridized carbons (Fsp3) is 0.316. The molecule has 1 amide bonds. The maximum atomic E-state index is 12.5. The Morgan fingerprint density at radius 1 is 1.23 bits per heavy atom. The van der Waals surface area contributed by atoms with Crippen molar-refractivity contribution in [2.75, 3.05) is 7.05 Å². The second-order valence-corrected chi connectivity index (χ2v) is 6.45. The van der Waals surface area contributed by atoms with Crippen LogP contribution in [0.1, 0.15) is 35.4 Å². The van der Waals surface area contributed by atoms with E-state index in [-0.39, 0.29) is 5.91 Å². The van der Waals surface area contributed by atoms with Crippen LogP contribution >= 0.6 is 11.6 Å². The summed E-state index contributed by atoms with van der Waals surface area (Å²) in [4.78, 5) is 14.3. The van der Waals surface area contributed by atoms with Crippen molar-refractivity contribution in [3.05, 3.63) is 70.2 Å². The number of hydrogen-bond donors (Lipinski definition) is 0. The largest absolute Gasteiger partial charge is 0.341 e. The molecular weight excluding hydrogens is 294 g/mol. The van der Waals surface area contributed by atoms with E-state index >= 15 is 0 Å². The normalized spacial score (nSPS) is 16.4. The van der Waals surface area contributed by atoms with Gasteiger partial charge in [0.1, 0.15) is 0 Å². The van der Waals surface area contributed by atoms with Gasteiger partial charge in [0.15, 0.2) is 0 Å². The number of aryl methyl sites for hydroxylation is 1. The van der Waals surface area contributed by atoms with Gasteiger partial charge in [-0.2, -0.15) is 0 Å². The number of benzene rings is 2. The summed E-state index contributed by atoms with van der Waals surface area (Å²) in [5, 5.41) is 0.711. The minimum Gasteiger partial charge on any atom is -0.341 e. The quantitative estimate of drug-likeness (QED) is 0.818. The lowest BCUT2D eigenvalue weighted by Gasteiger charge is -2.20. The number of fused-ring (bicyclic) bond motifs is 1. The Morgan fingerprint density at radius 2 is 2.05 bits per heavy atom. The van der Waals surface area contributed by atoms with Gasteiger partial charge in [0.05, 0.1) is 0 Å². The van der Waals surface area contributed by atoms with Gasteiger partial charge >= 0.3 is 0 Å². The lowest BCUT2D eigenvalue weighted by atomic mass is 9.97. The standard InChI is InChI=1S/C19H20ClNO/c1-21(13-14-5-4-7-17(20)11-14)19(22)12-16-10-9-15-6-2-3-8-18(15)16/h2-8,11,16H,9-10,12-13H2,1H3. The van der Waals surface area contributed by atoms with Gasteiger partial charge < -0.3 is 4.90 Å². The zero-order valence-electron chi connectivity index (χ0n) is 12.8. The summed E-state index contributed by atoms with van der Waals surface area (Å²) in [5.74, 6) is 0.562. The molecule has 0 radical (unpaired) electrons. The molecule has 114 valence electrons. The molecule has 0 bridgehead atoms. The molecule has 0 aromatic heterocycles. The lowest BCUT2D eigenvalue weighted by molar-refractivity contribution is -0.130. The van der Waals surface area contributed by atoms with Crippen molar-refractivity contribution in [1.29, 1.82) is 0 Å². The summed E-state index contributed by atoms with van der Waals surface area (Å²) in [6, 6.07) is 16.2. The summed E-state index contributed by atoms with van der Waals surface area (Å²) >= 11 is 6.00. The minimum absolute atomic E-state index is 0.196. The highest BCUT2D eigenvalue weighted by Crippen LogP contribution is 2.35. The summed E-state index contributed by atoms with van der Waals surface area (Å²) in [6.45, 7) is 0.605. The number of hydrogen-bond acceptors (Lipinski definition) is 1. The molecule has 0 fully saturated rings. The van der Waals surface area contributed by atoms with E-state index in [9.17, 15) is 4.79 Å². The number of nitrogens with zero attached hydrogens (tertiary/aromatic N) is 1. The molecule has 2 aromatic carbocycles.